The molecule has 7 heteroatoms. The lowest BCUT2D eigenvalue weighted by molar-refractivity contribution is -0.138. The summed E-state index contributed by atoms with van der Waals surface area (Å²) in [6.07, 6.45) is 3.53. The lowest BCUT2D eigenvalue weighted by Crippen LogP contribution is -2.45. The maximum atomic E-state index is 12.4. The van der Waals surface area contributed by atoms with Crippen molar-refractivity contribution >= 4 is 12.0 Å². The Hall–Kier alpha value is -2.96. The van der Waals surface area contributed by atoms with Crippen LogP contribution in [0.15, 0.2) is 41.6 Å². The third kappa shape index (κ3) is 3.05. The SMILES string of the molecule is C/C=C/COC(=O)C1=C(C)NC(=O)NC1c1ccc2c(c1)OCO2. The van der Waals surface area contributed by atoms with Crippen LogP contribution in [0.3, 0.4) is 0 Å². The molecule has 1 atom stereocenters. The highest BCUT2D eigenvalue weighted by Crippen LogP contribution is 2.36. The number of amides is 2. The summed E-state index contributed by atoms with van der Waals surface area (Å²) in [5.41, 5.74) is 1.54. The molecule has 2 aliphatic heterocycles. The molecule has 1 aromatic carbocycles. The number of benzene rings is 1. The van der Waals surface area contributed by atoms with Crippen LogP contribution in [0.25, 0.3) is 0 Å². The first-order valence-electron chi connectivity index (χ1n) is 7.56. The molecule has 0 saturated heterocycles. The molecule has 2 aliphatic rings. The van der Waals surface area contributed by atoms with E-state index in [2.05, 4.69) is 10.6 Å². The van der Waals surface area contributed by atoms with Crippen LogP contribution in [0.4, 0.5) is 4.79 Å². The summed E-state index contributed by atoms with van der Waals surface area (Å²) >= 11 is 0. The molecule has 0 aliphatic carbocycles. The smallest absolute Gasteiger partial charge is 0.338 e. The summed E-state index contributed by atoms with van der Waals surface area (Å²) < 4.78 is 15.9. The van der Waals surface area contributed by atoms with Crippen molar-refractivity contribution in [1.29, 1.82) is 0 Å². The zero-order valence-electron chi connectivity index (χ0n) is 13.4. The van der Waals surface area contributed by atoms with Gasteiger partial charge in [-0.25, -0.2) is 9.59 Å². The highest BCUT2D eigenvalue weighted by Gasteiger charge is 2.33. The summed E-state index contributed by atoms with van der Waals surface area (Å²) in [6, 6.07) is 4.30. The van der Waals surface area contributed by atoms with E-state index in [0.717, 1.165) is 0 Å². The maximum Gasteiger partial charge on any atom is 0.338 e. The number of carbonyl (C=O) groups is 2. The van der Waals surface area contributed by atoms with Crippen LogP contribution in [0.5, 0.6) is 11.5 Å². The van der Waals surface area contributed by atoms with E-state index in [1.165, 1.54) is 0 Å². The van der Waals surface area contributed by atoms with Crippen LogP contribution in [0.1, 0.15) is 25.5 Å². The van der Waals surface area contributed by atoms with E-state index in [1.54, 1.807) is 37.3 Å². The van der Waals surface area contributed by atoms with Gasteiger partial charge in [-0.15, -0.1) is 0 Å². The number of carbonyl (C=O) groups excluding carboxylic acids is 2. The third-order valence-corrected chi connectivity index (χ3v) is 3.77. The molecule has 2 amide bonds. The summed E-state index contributed by atoms with van der Waals surface area (Å²) in [6.45, 7) is 3.85. The maximum absolute atomic E-state index is 12.4. The summed E-state index contributed by atoms with van der Waals surface area (Å²) in [4.78, 5) is 24.3. The number of esters is 1. The quantitative estimate of drug-likeness (QED) is 0.653. The molecule has 0 saturated carbocycles. The number of nitrogens with one attached hydrogen (secondary N) is 2. The van der Waals surface area contributed by atoms with Gasteiger partial charge in [0.25, 0.3) is 0 Å². The number of fused-ring (bicyclic) bond motifs is 1. The lowest BCUT2D eigenvalue weighted by Gasteiger charge is -2.28. The number of urea groups is 1. The summed E-state index contributed by atoms with van der Waals surface area (Å²) in [5, 5.41) is 5.36. The minimum Gasteiger partial charge on any atom is -0.458 e. The molecule has 2 N–H and O–H groups in total. The van der Waals surface area contributed by atoms with Gasteiger partial charge in [-0.05, 0) is 31.5 Å². The van der Waals surface area contributed by atoms with E-state index in [9.17, 15) is 9.59 Å². The number of rotatable bonds is 4. The fourth-order valence-corrected chi connectivity index (χ4v) is 2.60. The predicted octanol–water partition coefficient (Wildman–Crippen LogP) is 2.16. The van der Waals surface area contributed by atoms with Gasteiger partial charge in [0.1, 0.15) is 6.61 Å². The monoisotopic (exact) mass is 330 g/mol. The molecule has 1 aromatic rings. The summed E-state index contributed by atoms with van der Waals surface area (Å²) in [5.74, 6) is 0.734. The molecule has 0 fully saturated rings. The normalized spacial score (nSPS) is 19.2. The molecular weight excluding hydrogens is 312 g/mol. The van der Waals surface area contributed by atoms with Crippen molar-refractivity contribution in [2.45, 2.75) is 19.9 Å². The molecular formula is C17H18N2O5. The van der Waals surface area contributed by atoms with Gasteiger partial charge in [-0.2, -0.15) is 0 Å². The third-order valence-electron chi connectivity index (χ3n) is 3.77. The van der Waals surface area contributed by atoms with Crippen LogP contribution < -0.4 is 20.1 Å². The van der Waals surface area contributed by atoms with Gasteiger partial charge in [0, 0.05) is 5.70 Å². The second kappa shape index (κ2) is 6.66. The van der Waals surface area contributed by atoms with E-state index in [0.29, 0.717) is 28.3 Å². The average Bonchev–Trinajstić information content (AvgIpc) is 3.01. The van der Waals surface area contributed by atoms with E-state index in [1.807, 2.05) is 6.92 Å². The van der Waals surface area contributed by atoms with E-state index >= 15 is 0 Å². The second-order valence-electron chi connectivity index (χ2n) is 5.35. The minimum absolute atomic E-state index is 0.157. The Balaban J connectivity index is 1.92. The number of allylic oxidation sites excluding steroid dienone is 2. The minimum atomic E-state index is -0.619. The van der Waals surface area contributed by atoms with Crippen LogP contribution in [-0.2, 0) is 9.53 Å². The Morgan fingerprint density at radius 2 is 2.17 bits per heavy atom. The molecule has 3 rings (SSSR count). The van der Waals surface area contributed by atoms with E-state index in [4.69, 9.17) is 14.2 Å². The number of hydrogen-bond acceptors (Lipinski definition) is 5. The van der Waals surface area contributed by atoms with Gasteiger partial charge in [-0.3, -0.25) is 0 Å². The van der Waals surface area contributed by atoms with Crippen molar-refractivity contribution < 1.29 is 23.8 Å². The molecule has 0 bridgehead atoms. The van der Waals surface area contributed by atoms with Crippen LogP contribution >= 0.6 is 0 Å². The average molecular weight is 330 g/mol. The topological polar surface area (TPSA) is 85.9 Å². The Labute approximate surface area is 139 Å². The first-order valence-corrected chi connectivity index (χ1v) is 7.56. The van der Waals surface area contributed by atoms with E-state index in [-0.39, 0.29) is 19.4 Å². The Kier molecular flexibility index (Phi) is 4.41. The first kappa shape index (κ1) is 15.9. The fourth-order valence-electron chi connectivity index (χ4n) is 2.60. The largest absolute Gasteiger partial charge is 0.458 e. The van der Waals surface area contributed by atoms with Crippen LogP contribution in [0, 0.1) is 0 Å². The molecule has 0 aromatic heterocycles. The molecule has 0 spiro atoms. The lowest BCUT2D eigenvalue weighted by atomic mass is 9.95. The highest BCUT2D eigenvalue weighted by molar-refractivity contribution is 5.95. The predicted molar refractivity (Wildman–Crippen MR) is 85.4 cm³/mol. The van der Waals surface area contributed by atoms with Gasteiger partial charge in [-0.1, -0.05) is 18.2 Å². The van der Waals surface area contributed by atoms with Gasteiger partial charge >= 0.3 is 12.0 Å². The molecule has 2 heterocycles. The van der Waals surface area contributed by atoms with Crippen molar-refractivity contribution in [3.8, 4) is 11.5 Å². The van der Waals surface area contributed by atoms with Gasteiger partial charge < -0.3 is 24.8 Å². The standard InChI is InChI=1S/C17H18N2O5/c1-3-4-7-22-16(20)14-10(2)18-17(21)19-15(14)11-5-6-12-13(8-11)24-9-23-12/h3-6,8,15H,7,9H2,1-2H3,(H2,18,19,21)/b4-3+. The second-order valence-corrected chi connectivity index (χ2v) is 5.35. The molecule has 0 radical (unpaired) electrons. The zero-order valence-corrected chi connectivity index (χ0v) is 13.4. The Bertz CT molecular complexity index is 738. The Morgan fingerprint density at radius 3 is 2.96 bits per heavy atom. The van der Waals surface area contributed by atoms with Gasteiger partial charge in [0.15, 0.2) is 11.5 Å². The zero-order chi connectivity index (χ0) is 17.1. The molecule has 7 nitrogen and oxygen atoms in total. The fraction of sp³-hybridized carbons (Fsp3) is 0.294. The van der Waals surface area contributed by atoms with Crippen molar-refractivity contribution in [2.75, 3.05) is 13.4 Å². The Morgan fingerprint density at radius 1 is 1.38 bits per heavy atom. The molecule has 126 valence electrons. The number of ether oxygens (including phenoxy) is 3. The van der Waals surface area contributed by atoms with Crippen molar-refractivity contribution in [1.82, 2.24) is 10.6 Å². The molecule has 24 heavy (non-hydrogen) atoms. The van der Waals surface area contributed by atoms with Crippen LogP contribution in [0.2, 0.25) is 0 Å². The summed E-state index contributed by atoms with van der Waals surface area (Å²) in [7, 11) is 0. The number of hydrogen-bond donors (Lipinski definition) is 2. The van der Waals surface area contributed by atoms with Gasteiger partial charge in [0.05, 0.1) is 11.6 Å². The van der Waals surface area contributed by atoms with Crippen molar-refractivity contribution in [3.05, 3.63) is 47.2 Å². The van der Waals surface area contributed by atoms with Crippen molar-refractivity contribution in [2.24, 2.45) is 0 Å². The van der Waals surface area contributed by atoms with E-state index < -0.39 is 12.0 Å². The highest BCUT2D eigenvalue weighted by atomic mass is 16.7. The van der Waals surface area contributed by atoms with Crippen LogP contribution in [-0.4, -0.2) is 25.4 Å². The van der Waals surface area contributed by atoms with Crippen molar-refractivity contribution in [3.63, 3.8) is 0 Å². The van der Waals surface area contributed by atoms with Gasteiger partial charge in [0.2, 0.25) is 6.79 Å². The molecule has 1 unspecified atom stereocenters. The first-order chi connectivity index (χ1) is 11.6.